The monoisotopic (exact) mass is 259 g/mol. The third kappa shape index (κ3) is 2.19. The fourth-order valence-corrected chi connectivity index (χ4v) is 2.30. The van der Waals surface area contributed by atoms with E-state index in [-0.39, 0.29) is 6.04 Å². The predicted octanol–water partition coefficient (Wildman–Crippen LogP) is 2.47. The molecule has 1 aliphatic rings. The molecule has 1 saturated heterocycles. The minimum absolute atomic E-state index is 0.0222. The van der Waals surface area contributed by atoms with E-state index in [4.69, 9.17) is 14.9 Å². The Kier molecular flexibility index (Phi) is 3.26. The number of nitrogens with two attached hydrogens (primary N) is 1. The Morgan fingerprint density at radius 3 is 3.07 bits per heavy atom. The molecule has 2 N–H and O–H groups in total. The third-order valence-electron chi connectivity index (χ3n) is 2.59. The first-order valence-electron chi connectivity index (χ1n) is 4.83. The molecule has 0 aliphatic carbocycles. The molecule has 1 aromatic rings. The normalized spacial score (nSPS) is 24.0. The maximum absolute atomic E-state index is 6.04. The van der Waals surface area contributed by atoms with Gasteiger partial charge in [0, 0.05) is 13.2 Å². The fraction of sp³-hybridized carbons (Fsp3) is 0.600. The molecule has 1 aliphatic heterocycles. The van der Waals surface area contributed by atoms with Crippen LogP contribution in [0, 0.1) is 5.92 Å². The lowest BCUT2D eigenvalue weighted by Crippen LogP contribution is -2.15. The summed E-state index contributed by atoms with van der Waals surface area (Å²) in [6, 6.07) is 1.85. The molecule has 2 atom stereocenters. The van der Waals surface area contributed by atoms with Gasteiger partial charge in [0.2, 0.25) is 0 Å². The van der Waals surface area contributed by atoms with E-state index >= 15 is 0 Å². The number of ether oxygens (including phenoxy) is 1. The summed E-state index contributed by atoms with van der Waals surface area (Å²) in [7, 11) is 0. The van der Waals surface area contributed by atoms with Crippen LogP contribution in [0.5, 0.6) is 0 Å². The second kappa shape index (κ2) is 4.47. The van der Waals surface area contributed by atoms with Gasteiger partial charge in [-0.1, -0.05) is 0 Å². The topological polar surface area (TPSA) is 48.4 Å². The largest absolute Gasteiger partial charge is 0.466 e. The maximum atomic E-state index is 6.04. The van der Waals surface area contributed by atoms with Crippen molar-refractivity contribution < 1.29 is 9.15 Å². The van der Waals surface area contributed by atoms with Gasteiger partial charge in [0.05, 0.1) is 16.8 Å². The Morgan fingerprint density at radius 1 is 1.64 bits per heavy atom. The molecule has 3 nitrogen and oxygen atoms in total. The van der Waals surface area contributed by atoms with Gasteiger partial charge >= 0.3 is 0 Å². The summed E-state index contributed by atoms with van der Waals surface area (Å²) in [5, 5.41) is 0. The molecule has 4 heteroatoms. The van der Waals surface area contributed by atoms with Crippen LogP contribution >= 0.6 is 15.9 Å². The van der Waals surface area contributed by atoms with Crippen molar-refractivity contribution >= 4 is 15.9 Å². The van der Waals surface area contributed by atoms with Crippen LogP contribution in [0.15, 0.2) is 21.2 Å². The average molecular weight is 260 g/mol. The minimum atomic E-state index is -0.0222. The summed E-state index contributed by atoms with van der Waals surface area (Å²) in [5.41, 5.74) is 6.04. The van der Waals surface area contributed by atoms with Crippen LogP contribution in [0.25, 0.3) is 0 Å². The molecular formula is C10H14BrNO2. The molecule has 78 valence electrons. The van der Waals surface area contributed by atoms with E-state index < -0.39 is 0 Å². The number of hydrogen-bond acceptors (Lipinski definition) is 3. The van der Waals surface area contributed by atoms with Crippen molar-refractivity contribution in [3.8, 4) is 0 Å². The molecule has 1 aromatic heterocycles. The Hall–Kier alpha value is -0.320. The van der Waals surface area contributed by atoms with E-state index in [0.717, 1.165) is 36.3 Å². The SMILES string of the molecule is NC(CC1CCOC1)c1occc1Br. The van der Waals surface area contributed by atoms with Gasteiger partial charge in [0.15, 0.2) is 0 Å². The number of hydrogen-bond donors (Lipinski definition) is 1. The molecule has 0 saturated carbocycles. The van der Waals surface area contributed by atoms with Crippen LogP contribution in [-0.4, -0.2) is 13.2 Å². The highest BCUT2D eigenvalue weighted by Crippen LogP contribution is 2.29. The van der Waals surface area contributed by atoms with Gasteiger partial charge in [-0.25, -0.2) is 0 Å². The molecule has 2 heterocycles. The van der Waals surface area contributed by atoms with E-state index in [1.54, 1.807) is 6.26 Å². The number of halogens is 1. The lowest BCUT2D eigenvalue weighted by atomic mass is 9.98. The molecule has 14 heavy (non-hydrogen) atoms. The van der Waals surface area contributed by atoms with Crippen molar-refractivity contribution in [1.82, 2.24) is 0 Å². The van der Waals surface area contributed by atoms with E-state index in [1.165, 1.54) is 0 Å². The zero-order valence-corrected chi connectivity index (χ0v) is 9.50. The Labute approximate surface area is 91.7 Å². The van der Waals surface area contributed by atoms with Gasteiger partial charge in [0.1, 0.15) is 5.76 Å². The van der Waals surface area contributed by atoms with Crippen LogP contribution < -0.4 is 5.73 Å². The maximum Gasteiger partial charge on any atom is 0.134 e. The fourth-order valence-electron chi connectivity index (χ4n) is 1.81. The van der Waals surface area contributed by atoms with Gasteiger partial charge < -0.3 is 14.9 Å². The van der Waals surface area contributed by atoms with E-state index in [2.05, 4.69) is 15.9 Å². The predicted molar refractivity (Wildman–Crippen MR) is 56.9 cm³/mol. The smallest absolute Gasteiger partial charge is 0.134 e. The zero-order valence-electron chi connectivity index (χ0n) is 7.91. The van der Waals surface area contributed by atoms with Crippen LogP contribution in [0.2, 0.25) is 0 Å². The molecule has 1 fully saturated rings. The Morgan fingerprint density at radius 2 is 2.50 bits per heavy atom. The zero-order chi connectivity index (χ0) is 9.97. The van der Waals surface area contributed by atoms with Crippen molar-refractivity contribution in [1.29, 1.82) is 0 Å². The molecule has 2 rings (SSSR count). The lowest BCUT2D eigenvalue weighted by Gasteiger charge is -2.13. The molecule has 0 radical (unpaired) electrons. The molecule has 2 unspecified atom stereocenters. The highest BCUT2D eigenvalue weighted by atomic mass is 79.9. The summed E-state index contributed by atoms with van der Waals surface area (Å²) >= 11 is 3.41. The van der Waals surface area contributed by atoms with Crippen molar-refractivity contribution in [2.24, 2.45) is 11.7 Å². The van der Waals surface area contributed by atoms with Crippen molar-refractivity contribution in [2.45, 2.75) is 18.9 Å². The second-order valence-electron chi connectivity index (χ2n) is 3.70. The second-order valence-corrected chi connectivity index (χ2v) is 4.56. The third-order valence-corrected chi connectivity index (χ3v) is 3.25. The number of furan rings is 1. The first-order valence-corrected chi connectivity index (χ1v) is 5.63. The first-order chi connectivity index (χ1) is 6.77. The van der Waals surface area contributed by atoms with Crippen molar-refractivity contribution in [3.05, 3.63) is 22.6 Å². The first kappa shape index (κ1) is 10.2. The van der Waals surface area contributed by atoms with Crippen LogP contribution in [0.3, 0.4) is 0 Å². The Bertz CT molecular complexity index is 294. The summed E-state index contributed by atoms with van der Waals surface area (Å²) in [6.45, 7) is 1.71. The summed E-state index contributed by atoms with van der Waals surface area (Å²) in [5.74, 6) is 1.43. The molecular weight excluding hydrogens is 246 g/mol. The van der Waals surface area contributed by atoms with Gasteiger partial charge in [-0.15, -0.1) is 0 Å². The molecule has 0 bridgehead atoms. The van der Waals surface area contributed by atoms with Crippen LogP contribution in [-0.2, 0) is 4.74 Å². The van der Waals surface area contributed by atoms with Crippen LogP contribution in [0.1, 0.15) is 24.6 Å². The van der Waals surface area contributed by atoms with Gasteiger partial charge in [-0.05, 0) is 40.8 Å². The van der Waals surface area contributed by atoms with E-state index in [9.17, 15) is 0 Å². The summed E-state index contributed by atoms with van der Waals surface area (Å²) < 4.78 is 11.6. The van der Waals surface area contributed by atoms with Gasteiger partial charge in [-0.2, -0.15) is 0 Å². The summed E-state index contributed by atoms with van der Waals surface area (Å²) in [4.78, 5) is 0. The van der Waals surface area contributed by atoms with Gasteiger partial charge in [-0.3, -0.25) is 0 Å². The molecule has 0 spiro atoms. The summed E-state index contributed by atoms with van der Waals surface area (Å²) in [6.07, 6.45) is 3.71. The van der Waals surface area contributed by atoms with Crippen molar-refractivity contribution in [2.75, 3.05) is 13.2 Å². The lowest BCUT2D eigenvalue weighted by molar-refractivity contribution is 0.182. The standard InChI is InChI=1S/C10H14BrNO2/c11-8-2-4-14-10(8)9(12)5-7-1-3-13-6-7/h2,4,7,9H,1,3,5-6,12H2. The highest BCUT2D eigenvalue weighted by Gasteiger charge is 2.22. The highest BCUT2D eigenvalue weighted by molar-refractivity contribution is 9.10. The molecule has 0 aromatic carbocycles. The minimum Gasteiger partial charge on any atom is -0.466 e. The van der Waals surface area contributed by atoms with Crippen molar-refractivity contribution in [3.63, 3.8) is 0 Å². The van der Waals surface area contributed by atoms with E-state index in [1.807, 2.05) is 6.07 Å². The van der Waals surface area contributed by atoms with Crippen LogP contribution in [0.4, 0.5) is 0 Å². The average Bonchev–Trinajstić information content (AvgIpc) is 2.75. The number of rotatable bonds is 3. The quantitative estimate of drug-likeness (QED) is 0.908. The van der Waals surface area contributed by atoms with E-state index in [0.29, 0.717) is 5.92 Å². The van der Waals surface area contributed by atoms with Gasteiger partial charge in [0.25, 0.3) is 0 Å². The molecule has 0 amide bonds. The Balaban J connectivity index is 1.95.